The summed E-state index contributed by atoms with van der Waals surface area (Å²) < 4.78 is 81.6. The first kappa shape index (κ1) is 53.6. The van der Waals surface area contributed by atoms with Crippen LogP contribution in [0.4, 0.5) is 30.2 Å². The Hall–Kier alpha value is -6.74. The molecule has 77 heavy (non-hydrogen) atoms. The van der Waals surface area contributed by atoms with Gasteiger partial charge in [0.2, 0.25) is 0 Å². The molecule has 2 aliphatic carbocycles. The molecule has 6 aromatic rings. The summed E-state index contributed by atoms with van der Waals surface area (Å²) in [5, 5.41) is 25.9. The number of fused-ring (bicyclic) bond motifs is 1. The van der Waals surface area contributed by atoms with Gasteiger partial charge in [-0.15, -0.1) is 0 Å². The van der Waals surface area contributed by atoms with Gasteiger partial charge in [-0.25, -0.2) is 18.1 Å². The molecule has 10 rings (SSSR count). The number of H-pyrrole nitrogens is 1. The topological polar surface area (TPSA) is 195 Å². The van der Waals surface area contributed by atoms with Crippen LogP contribution < -0.4 is 24.4 Å². The van der Waals surface area contributed by atoms with Gasteiger partial charge in [-0.05, 0) is 134 Å². The third-order valence-corrected chi connectivity index (χ3v) is 17.9. The van der Waals surface area contributed by atoms with E-state index in [-0.39, 0.29) is 53.8 Å². The van der Waals surface area contributed by atoms with E-state index < -0.39 is 56.1 Å². The zero-order valence-electron chi connectivity index (χ0n) is 43.4. The number of sulfonamides is 1. The smallest absolute Gasteiger partial charge is 0.417 e. The van der Waals surface area contributed by atoms with Crippen LogP contribution >= 0.6 is 0 Å². The lowest BCUT2D eigenvalue weighted by molar-refractivity contribution is -0.384. The number of nitrogens with zero attached hydrogens (tertiary/aromatic N) is 5. The van der Waals surface area contributed by atoms with E-state index in [0.29, 0.717) is 23.4 Å². The second-order valence-electron chi connectivity index (χ2n) is 21.8. The summed E-state index contributed by atoms with van der Waals surface area (Å²) in [6, 6.07) is 29.7. The number of pyridine rings is 1. The monoisotopic (exact) mass is 1080 g/mol. The Kier molecular flexibility index (Phi) is 15.0. The number of piperidine rings is 1. The Morgan fingerprint density at radius 2 is 1.68 bits per heavy atom. The van der Waals surface area contributed by atoms with Crippen molar-refractivity contribution in [3.8, 4) is 17.2 Å². The number of ether oxygens (including phenoxy) is 2. The number of aromatic nitrogens is 2. The zero-order valence-corrected chi connectivity index (χ0v) is 44.2. The number of benzene rings is 4. The molecule has 1 amide bonds. The van der Waals surface area contributed by atoms with E-state index in [1.165, 1.54) is 35.0 Å². The quantitative estimate of drug-likeness (QED) is 0.0528. The molecule has 1 unspecified atom stereocenters. The first-order valence-corrected chi connectivity index (χ1v) is 27.9. The van der Waals surface area contributed by atoms with Gasteiger partial charge in [0.25, 0.3) is 21.6 Å². The number of piperazine rings is 1. The first-order valence-electron chi connectivity index (χ1n) is 26.4. The van der Waals surface area contributed by atoms with Gasteiger partial charge < -0.3 is 29.8 Å². The lowest BCUT2D eigenvalue weighted by Crippen LogP contribution is -2.60. The fourth-order valence-corrected chi connectivity index (χ4v) is 13.0. The molecule has 1 atom stereocenters. The summed E-state index contributed by atoms with van der Waals surface area (Å²) in [6.07, 6.45) is 1.70. The molecule has 408 valence electrons. The number of nitro benzene ring substituents is 1. The highest BCUT2D eigenvalue weighted by molar-refractivity contribution is 7.90. The number of nitro groups is 1. The zero-order chi connectivity index (χ0) is 54.3. The van der Waals surface area contributed by atoms with E-state index in [1.54, 1.807) is 31.5 Å². The summed E-state index contributed by atoms with van der Waals surface area (Å²) in [4.78, 5) is 40.1. The maximum absolute atomic E-state index is 14.1. The van der Waals surface area contributed by atoms with Crippen LogP contribution in [-0.2, 0) is 16.6 Å². The lowest BCUT2D eigenvalue weighted by atomic mass is 9.59. The minimum atomic E-state index is -4.77. The molecule has 4 aliphatic rings. The Bertz CT molecular complexity index is 3220. The van der Waals surface area contributed by atoms with Crippen LogP contribution in [0.3, 0.4) is 0 Å². The van der Waals surface area contributed by atoms with Gasteiger partial charge in [-0.3, -0.25) is 24.7 Å². The molecule has 4 fully saturated rings. The summed E-state index contributed by atoms with van der Waals surface area (Å²) in [5.41, 5.74) is 2.15. The van der Waals surface area contributed by atoms with E-state index in [4.69, 9.17) is 9.47 Å². The summed E-state index contributed by atoms with van der Waals surface area (Å²) >= 11 is 0. The van der Waals surface area contributed by atoms with Crippen molar-refractivity contribution in [2.45, 2.75) is 106 Å². The number of hydrogen-bond acceptors (Lipinski definition) is 13. The number of amides is 1. The van der Waals surface area contributed by atoms with Crippen molar-refractivity contribution >= 4 is 44.0 Å². The van der Waals surface area contributed by atoms with Gasteiger partial charge in [0.15, 0.2) is 5.60 Å². The lowest BCUT2D eigenvalue weighted by Gasteiger charge is -2.58. The van der Waals surface area contributed by atoms with E-state index >= 15 is 0 Å². The van der Waals surface area contributed by atoms with Crippen molar-refractivity contribution in [3.63, 3.8) is 0 Å². The predicted octanol–water partition coefficient (Wildman–Crippen LogP) is 10.7. The summed E-state index contributed by atoms with van der Waals surface area (Å²) in [6.45, 7) is 9.92. The summed E-state index contributed by atoms with van der Waals surface area (Å²) in [5.74, 6) is 0.280. The van der Waals surface area contributed by atoms with Gasteiger partial charge >= 0.3 is 6.18 Å². The van der Waals surface area contributed by atoms with Crippen molar-refractivity contribution in [1.82, 2.24) is 24.5 Å². The maximum Gasteiger partial charge on any atom is 0.417 e. The molecule has 16 nitrogen and oxygen atoms in total. The normalized spacial score (nSPS) is 21.5. The van der Waals surface area contributed by atoms with Crippen molar-refractivity contribution in [3.05, 3.63) is 142 Å². The van der Waals surface area contributed by atoms with E-state index in [0.717, 1.165) is 93.9 Å². The number of hydrogen-bond donors (Lipinski definition) is 4. The van der Waals surface area contributed by atoms with Crippen LogP contribution in [0.2, 0.25) is 0 Å². The van der Waals surface area contributed by atoms with Crippen molar-refractivity contribution < 1.29 is 45.9 Å². The highest BCUT2D eigenvalue weighted by atomic mass is 32.2. The predicted molar refractivity (Wildman–Crippen MR) is 287 cm³/mol. The third-order valence-electron chi connectivity index (χ3n) is 16.6. The van der Waals surface area contributed by atoms with Gasteiger partial charge in [-0.1, -0.05) is 50.2 Å². The average molecular weight is 1080 g/mol. The Morgan fingerprint density at radius 3 is 2.38 bits per heavy atom. The minimum Gasteiger partial charge on any atom is -0.497 e. The standard InChI is InChI=1S/C57H65F3N8O8S/c1-37(2)46-6-4-5-7-47(46)51-36-65(35-39-8-11-43(75-3)12-9-39)26-27-67(51)42-31-55(32-42)21-24-66(25-22-55)41-10-14-48(52(29-41)76-44-28-40-18-23-61-53(40)63-34-44)54(69)64-77(73,74)45-13-15-49(50(30-45)68(71)72)62-33-38-16-19-56(70,20-17-38)57(58,59)60/h4-15,18,23,28-30,34,37-38,42,51,62,70H,16-17,19-22,24-27,31-33,35-36H2,1-3H3,(H,61,63)(H,64,69). The largest absolute Gasteiger partial charge is 0.497 e. The number of halogens is 3. The van der Waals surface area contributed by atoms with Crippen LogP contribution in [0, 0.1) is 21.4 Å². The number of alkyl halides is 3. The number of carbonyl (C=O) groups is 1. The molecule has 0 bridgehead atoms. The molecule has 2 aliphatic heterocycles. The van der Waals surface area contributed by atoms with Crippen LogP contribution in [-0.4, -0.2) is 108 Å². The fourth-order valence-electron chi connectivity index (χ4n) is 12.1. The van der Waals surface area contributed by atoms with Gasteiger partial charge in [0.05, 0.1) is 28.7 Å². The maximum atomic E-state index is 14.1. The van der Waals surface area contributed by atoms with Gasteiger partial charge in [0, 0.05) is 87.3 Å². The van der Waals surface area contributed by atoms with Crippen molar-refractivity contribution in [2.24, 2.45) is 11.3 Å². The van der Waals surface area contributed by atoms with Crippen LogP contribution in [0.25, 0.3) is 11.0 Å². The highest BCUT2D eigenvalue weighted by Crippen LogP contribution is 2.54. The number of aromatic amines is 1. The Labute approximate surface area is 446 Å². The van der Waals surface area contributed by atoms with E-state index in [9.17, 15) is 41.6 Å². The number of rotatable bonds is 16. The van der Waals surface area contributed by atoms with Crippen molar-refractivity contribution in [2.75, 3.05) is 56.6 Å². The second kappa shape index (κ2) is 21.6. The van der Waals surface area contributed by atoms with Crippen molar-refractivity contribution in [1.29, 1.82) is 0 Å². The number of carbonyl (C=O) groups excluding carboxylic acids is 1. The summed E-state index contributed by atoms with van der Waals surface area (Å²) in [7, 11) is -3.02. The second-order valence-corrected chi connectivity index (χ2v) is 23.4. The highest BCUT2D eigenvalue weighted by Gasteiger charge is 2.55. The van der Waals surface area contributed by atoms with E-state index in [1.807, 2.05) is 18.2 Å². The number of anilines is 2. The molecule has 4 N–H and O–H groups in total. The molecule has 2 aromatic heterocycles. The number of aliphatic hydroxyl groups is 1. The number of methoxy groups -OCH3 is 1. The van der Waals surface area contributed by atoms with Gasteiger partial charge in [0.1, 0.15) is 28.6 Å². The van der Waals surface area contributed by atoms with E-state index in [2.05, 4.69) is 85.0 Å². The molecule has 0 radical (unpaired) electrons. The van der Waals surface area contributed by atoms with Gasteiger partial charge in [-0.2, -0.15) is 13.2 Å². The molecule has 1 spiro atoms. The Morgan fingerprint density at radius 1 is 0.935 bits per heavy atom. The Balaban J connectivity index is 0.822. The molecule has 2 saturated carbocycles. The minimum absolute atomic E-state index is 0.0284. The SMILES string of the molecule is COc1ccc(CN2CCN(C3CC4(CCN(c5ccc(C(=O)NS(=O)(=O)c6ccc(NCC7CCC(O)(C(F)(F)F)CC7)c([N+](=O)[O-])c6)c(Oc6cnc7[nH]ccc7c6)c5)CC4)C3)C(c3ccccc3C(C)C)C2)cc1. The third kappa shape index (κ3) is 11.5. The first-order chi connectivity index (χ1) is 36.8. The van der Waals surface area contributed by atoms with Crippen LogP contribution in [0.1, 0.15) is 104 Å². The average Bonchev–Trinajstić information content (AvgIpc) is 3.92. The van der Waals surface area contributed by atoms with Crippen LogP contribution in [0.5, 0.6) is 17.2 Å². The van der Waals surface area contributed by atoms with Crippen LogP contribution in [0.15, 0.2) is 114 Å². The molecular weight excluding hydrogens is 1010 g/mol. The molecule has 2 saturated heterocycles. The molecule has 20 heteroatoms. The molecule has 4 heterocycles. The molecule has 4 aromatic carbocycles. The number of nitrogens with one attached hydrogen (secondary N) is 3. The fraction of sp³-hybridized carbons (Fsp3) is 0.439. The molecular formula is C57H65F3N8O8S.